The quantitative estimate of drug-likeness (QED) is 0.892. The van der Waals surface area contributed by atoms with Gasteiger partial charge in [-0.1, -0.05) is 22.5 Å². The van der Waals surface area contributed by atoms with E-state index in [1.54, 1.807) is 7.11 Å². The largest absolute Gasteiger partial charge is 0.497 e. The van der Waals surface area contributed by atoms with E-state index in [1.165, 1.54) is 0 Å². The minimum absolute atomic E-state index is 0.729. The molecule has 0 aromatic heterocycles. The Bertz CT molecular complexity index is 336. The average Bonchev–Trinajstić information content (AvgIpc) is 2.15. The summed E-state index contributed by atoms with van der Waals surface area (Å²) in [5, 5.41) is 3.26. The predicted molar refractivity (Wildman–Crippen MR) is 64.3 cm³/mol. The van der Waals surface area contributed by atoms with E-state index in [1.807, 2.05) is 25.1 Å². The first kappa shape index (κ1) is 11.1. The lowest BCUT2D eigenvalue weighted by molar-refractivity contribution is 0.414. The lowest BCUT2D eigenvalue weighted by Crippen LogP contribution is -2.02. The first-order valence-electron chi connectivity index (χ1n) is 4.35. The highest BCUT2D eigenvalue weighted by Gasteiger charge is 1.99. The van der Waals surface area contributed by atoms with E-state index in [9.17, 15) is 0 Å². The lowest BCUT2D eigenvalue weighted by atomic mass is 10.2. The molecule has 0 radical (unpaired) electrons. The van der Waals surface area contributed by atoms with E-state index in [0.717, 1.165) is 28.0 Å². The van der Waals surface area contributed by atoms with Gasteiger partial charge in [0.25, 0.3) is 0 Å². The summed E-state index contributed by atoms with van der Waals surface area (Å²) in [7, 11) is 1.67. The zero-order valence-electron chi connectivity index (χ0n) is 8.43. The van der Waals surface area contributed by atoms with Crippen LogP contribution in [0.4, 0.5) is 5.69 Å². The van der Waals surface area contributed by atoms with Crippen molar-refractivity contribution in [3.8, 4) is 5.75 Å². The van der Waals surface area contributed by atoms with Gasteiger partial charge in [0.15, 0.2) is 0 Å². The van der Waals surface area contributed by atoms with Crippen molar-refractivity contribution in [3.05, 3.63) is 34.8 Å². The molecule has 0 saturated carbocycles. The average molecular weight is 256 g/mol. The summed E-state index contributed by atoms with van der Waals surface area (Å²) in [6.45, 7) is 6.54. The molecule has 0 bridgehead atoms. The Hall–Kier alpha value is -0.960. The van der Waals surface area contributed by atoms with Crippen LogP contribution in [-0.2, 0) is 0 Å². The lowest BCUT2D eigenvalue weighted by Gasteiger charge is -2.09. The number of methoxy groups -OCH3 is 1. The third-order valence-corrected chi connectivity index (χ3v) is 2.18. The second kappa shape index (κ2) is 5.05. The van der Waals surface area contributed by atoms with Crippen molar-refractivity contribution >= 4 is 21.6 Å². The second-order valence-corrected chi connectivity index (χ2v) is 4.17. The zero-order chi connectivity index (χ0) is 10.6. The number of hydrogen-bond acceptors (Lipinski definition) is 2. The highest BCUT2D eigenvalue weighted by molar-refractivity contribution is 9.11. The van der Waals surface area contributed by atoms with E-state index in [2.05, 4.69) is 27.8 Å². The van der Waals surface area contributed by atoms with Gasteiger partial charge in [-0.25, -0.2) is 0 Å². The highest BCUT2D eigenvalue weighted by atomic mass is 79.9. The van der Waals surface area contributed by atoms with Gasteiger partial charge in [-0.2, -0.15) is 0 Å². The molecule has 1 aromatic rings. The van der Waals surface area contributed by atoms with Gasteiger partial charge >= 0.3 is 0 Å². The molecule has 0 atom stereocenters. The molecular weight excluding hydrogens is 242 g/mol. The Morgan fingerprint density at radius 2 is 2.29 bits per heavy atom. The molecule has 14 heavy (non-hydrogen) atoms. The number of nitrogens with one attached hydrogen (secondary N) is 1. The van der Waals surface area contributed by atoms with Crippen LogP contribution in [0.1, 0.15) is 5.56 Å². The topological polar surface area (TPSA) is 21.3 Å². The van der Waals surface area contributed by atoms with E-state index in [0.29, 0.717) is 0 Å². The maximum atomic E-state index is 5.12. The number of halogens is 1. The van der Waals surface area contributed by atoms with Gasteiger partial charge in [0, 0.05) is 16.7 Å². The van der Waals surface area contributed by atoms with Gasteiger partial charge < -0.3 is 10.1 Å². The first-order chi connectivity index (χ1) is 6.63. The Morgan fingerprint density at radius 1 is 1.57 bits per heavy atom. The van der Waals surface area contributed by atoms with E-state index < -0.39 is 0 Å². The van der Waals surface area contributed by atoms with Gasteiger partial charge in [0.1, 0.15) is 5.75 Å². The van der Waals surface area contributed by atoms with Crippen molar-refractivity contribution in [1.82, 2.24) is 0 Å². The highest BCUT2D eigenvalue weighted by Crippen LogP contribution is 2.21. The molecule has 76 valence electrons. The van der Waals surface area contributed by atoms with Gasteiger partial charge in [-0.3, -0.25) is 0 Å². The monoisotopic (exact) mass is 255 g/mol. The summed E-state index contributed by atoms with van der Waals surface area (Å²) in [6, 6.07) is 5.94. The minimum atomic E-state index is 0.729. The number of aryl methyl sites for hydroxylation is 1. The molecule has 1 aromatic carbocycles. The number of hydrogen-bond donors (Lipinski definition) is 1. The molecule has 2 nitrogen and oxygen atoms in total. The fourth-order valence-electron chi connectivity index (χ4n) is 1.15. The molecule has 0 spiro atoms. The molecule has 1 rings (SSSR count). The molecule has 0 aliphatic rings. The third kappa shape index (κ3) is 3.07. The summed E-state index contributed by atoms with van der Waals surface area (Å²) in [5.74, 6) is 0.880. The number of ether oxygens (including phenoxy) is 1. The van der Waals surface area contributed by atoms with Crippen LogP contribution in [0.2, 0.25) is 0 Å². The Morgan fingerprint density at radius 3 is 2.79 bits per heavy atom. The van der Waals surface area contributed by atoms with E-state index >= 15 is 0 Å². The maximum absolute atomic E-state index is 5.12. The predicted octanol–water partition coefficient (Wildman–Crippen LogP) is 3.32. The molecule has 1 N–H and O–H groups in total. The van der Waals surface area contributed by atoms with Gasteiger partial charge in [-0.15, -0.1) is 0 Å². The maximum Gasteiger partial charge on any atom is 0.119 e. The van der Waals surface area contributed by atoms with E-state index in [-0.39, 0.29) is 0 Å². The van der Waals surface area contributed by atoms with E-state index in [4.69, 9.17) is 4.74 Å². The van der Waals surface area contributed by atoms with Crippen molar-refractivity contribution in [2.45, 2.75) is 6.92 Å². The molecule has 0 saturated heterocycles. The fourth-order valence-corrected chi connectivity index (χ4v) is 1.29. The summed E-state index contributed by atoms with van der Waals surface area (Å²) in [4.78, 5) is 0. The third-order valence-electron chi connectivity index (χ3n) is 1.90. The van der Waals surface area contributed by atoms with Crippen LogP contribution in [0.5, 0.6) is 5.75 Å². The van der Waals surface area contributed by atoms with Gasteiger partial charge in [-0.05, 0) is 30.7 Å². The molecular formula is C11H14BrNO. The van der Waals surface area contributed by atoms with Crippen LogP contribution in [0.15, 0.2) is 29.3 Å². The molecule has 0 aliphatic carbocycles. The standard InChI is InChI=1S/C11H14BrNO/c1-8-6-10(14-3)4-5-11(8)13-7-9(2)12/h4-6,13H,2,7H2,1,3H3. The molecule has 0 amide bonds. The number of rotatable bonds is 4. The second-order valence-electron chi connectivity index (χ2n) is 3.05. The summed E-state index contributed by atoms with van der Waals surface area (Å²) in [5.41, 5.74) is 2.27. The van der Waals surface area contributed by atoms with Crippen LogP contribution >= 0.6 is 15.9 Å². The van der Waals surface area contributed by atoms with Gasteiger partial charge in [0.2, 0.25) is 0 Å². The first-order valence-corrected chi connectivity index (χ1v) is 5.14. The molecule has 0 fully saturated rings. The molecule has 3 heteroatoms. The molecule has 0 aliphatic heterocycles. The SMILES string of the molecule is C=C(Br)CNc1ccc(OC)cc1C. The summed E-state index contributed by atoms with van der Waals surface area (Å²) < 4.78 is 6.06. The zero-order valence-corrected chi connectivity index (χ0v) is 10.0. The van der Waals surface area contributed by atoms with Crippen molar-refractivity contribution in [2.24, 2.45) is 0 Å². The van der Waals surface area contributed by atoms with Crippen LogP contribution in [0, 0.1) is 6.92 Å². The van der Waals surface area contributed by atoms with Crippen molar-refractivity contribution in [2.75, 3.05) is 19.0 Å². The normalized spacial score (nSPS) is 9.64. The van der Waals surface area contributed by atoms with Crippen LogP contribution < -0.4 is 10.1 Å². The van der Waals surface area contributed by atoms with Crippen molar-refractivity contribution < 1.29 is 4.74 Å². The fraction of sp³-hybridized carbons (Fsp3) is 0.273. The number of anilines is 1. The molecule has 0 unspecified atom stereocenters. The minimum Gasteiger partial charge on any atom is -0.497 e. The van der Waals surface area contributed by atoms with Crippen LogP contribution in [0.25, 0.3) is 0 Å². The van der Waals surface area contributed by atoms with Crippen molar-refractivity contribution in [1.29, 1.82) is 0 Å². The summed E-state index contributed by atoms with van der Waals surface area (Å²) >= 11 is 3.30. The summed E-state index contributed by atoms with van der Waals surface area (Å²) in [6.07, 6.45) is 0. The molecule has 0 heterocycles. The van der Waals surface area contributed by atoms with Crippen molar-refractivity contribution in [3.63, 3.8) is 0 Å². The Kier molecular flexibility index (Phi) is 4.01. The van der Waals surface area contributed by atoms with Crippen LogP contribution in [0.3, 0.4) is 0 Å². The Balaban J connectivity index is 2.73. The van der Waals surface area contributed by atoms with Crippen LogP contribution in [-0.4, -0.2) is 13.7 Å². The van der Waals surface area contributed by atoms with Gasteiger partial charge in [0.05, 0.1) is 7.11 Å². The number of benzene rings is 1. The Labute approximate surface area is 93.1 Å². The smallest absolute Gasteiger partial charge is 0.119 e.